The molecule has 0 aliphatic carbocycles. The Labute approximate surface area is 111 Å². The molecule has 3 N–H and O–H groups in total. The number of ether oxygens (including phenoxy) is 2. The Kier molecular flexibility index (Phi) is 3.34. The van der Waals surface area contributed by atoms with Crippen molar-refractivity contribution in [2.24, 2.45) is 0 Å². The molecule has 0 fully saturated rings. The number of H-pyrrole nitrogens is 1. The van der Waals surface area contributed by atoms with Crippen LogP contribution >= 0.6 is 0 Å². The molecule has 0 unspecified atom stereocenters. The van der Waals surface area contributed by atoms with E-state index < -0.39 is 0 Å². The molecule has 0 radical (unpaired) electrons. The fraction of sp³-hybridized carbons (Fsp3) is 0.214. The van der Waals surface area contributed by atoms with Crippen LogP contribution in [0.15, 0.2) is 18.2 Å². The third-order valence-corrected chi connectivity index (χ3v) is 3.04. The summed E-state index contributed by atoms with van der Waals surface area (Å²) in [5.74, 6) is 1.80. The minimum Gasteiger partial charge on any atom is -0.496 e. The summed E-state index contributed by atoms with van der Waals surface area (Å²) in [6.07, 6.45) is 0. The van der Waals surface area contributed by atoms with Gasteiger partial charge in [0.25, 0.3) is 0 Å². The first-order valence-corrected chi connectivity index (χ1v) is 5.73. The molecule has 2 rings (SSSR count). The predicted molar refractivity (Wildman–Crippen MR) is 73.2 cm³/mol. The Morgan fingerprint density at radius 3 is 2.53 bits per heavy atom. The molecule has 2 aromatic rings. The van der Waals surface area contributed by atoms with E-state index in [0.29, 0.717) is 17.1 Å². The number of methoxy groups -OCH3 is 2. The average Bonchev–Trinajstić information content (AvgIpc) is 2.79. The van der Waals surface area contributed by atoms with Crippen molar-refractivity contribution in [3.63, 3.8) is 0 Å². The van der Waals surface area contributed by atoms with Crippen molar-refractivity contribution >= 4 is 5.82 Å². The Hall–Kier alpha value is -2.61. The van der Waals surface area contributed by atoms with Gasteiger partial charge in [-0.1, -0.05) is 0 Å². The van der Waals surface area contributed by atoms with Gasteiger partial charge in [0.05, 0.1) is 25.5 Å². The van der Waals surface area contributed by atoms with Crippen molar-refractivity contribution in [1.82, 2.24) is 4.98 Å². The summed E-state index contributed by atoms with van der Waals surface area (Å²) in [4.78, 5) is 2.99. The van der Waals surface area contributed by atoms with E-state index in [0.717, 1.165) is 22.6 Å². The molecule has 5 heteroatoms. The number of hydrogen-bond donors (Lipinski definition) is 2. The number of anilines is 1. The molecule has 1 heterocycles. The second-order valence-electron chi connectivity index (χ2n) is 4.10. The van der Waals surface area contributed by atoms with Crippen molar-refractivity contribution in [2.45, 2.75) is 6.92 Å². The molecule has 1 aromatic carbocycles. The first-order chi connectivity index (χ1) is 9.12. The van der Waals surface area contributed by atoms with Crippen LogP contribution in [-0.2, 0) is 0 Å². The maximum Gasteiger partial charge on any atom is 0.134 e. The first kappa shape index (κ1) is 12.8. The van der Waals surface area contributed by atoms with Crippen LogP contribution in [-0.4, -0.2) is 19.2 Å². The highest BCUT2D eigenvalue weighted by molar-refractivity contribution is 5.75. The summed E-state index contributed by atoms with van der Waals surface area (Å²) >= 11 is 0. The second kappa shape index (κ2) is 4.94. The van der Waals surface area contributed by atoms with Crippen molar-refractivity contribution in [3.05, 3.63) is 29.3 Å². The number of nitrogens with two attached hydrogens (primary N) is 1. The summed E-state index contributed by atoms with van der Waals surface area (Å²) < 4.78 is 10.7. The highest BCUT2D eigenvalue weighted by Crippen LogP contribution is 2.38. The van der Waals surface area contributed by atoms with Crippen molar-refractivity contribution < 1.29 is 9.47 Å². The maximum atomic E-state index is 8.94. The molecule has 1 aromatic heterocycles. The molecule has 0 atom stereocenters. The molecule has 0 saturated heterocycles. The molecule has 98 valence electrons. The minimum absolute atomic E-state index is 0.355. The van der Waals surface area contributed by atoms with Gasteiger partial charge in [0.15, 0.2) is 0 Å². The average molecular weight is 257 g/mol. The van der Waals surface area contributed by atoms with Gasteiger partial charge in [-0.05, 0) is 25.1 Å². The molecule has 0 saturated carbocycles. The van der Waals surface area contributed by atoms with Crippen molar-refractivity contribution in [2.75, 3.05) is 20.0 Å². The van der Waals surface area contributed by atoms with Gasteiger partial charge >= 0.3 is 0 Å². The molecule has 0 spiro atoms. The fourth-order valence-corrected chi connectivity index (χ4v) is 2.08. The van der Waals surface area contributed by atoms with Gasteiger partial charge in [-0.15, -0.1) is 0 Å². The van der Waals surface area contributed by atoms with E-state index in [9.17, 15) is 0 Å². The number of rotatable bonds is 3. The SMILES string of the molecule is COc1ccc(-c2cc(C#N)c(N)[nH]2)c(OC)c1C. The van der Waals surface area contributed by atoms with Crippen LogP contribution in [0.3, 0.4) is 0 Å². The van der Waals surface area contributed by atoms with Gasteiger partial charge < -0.3 is 20.2 Å². The van der Waals surface area contributed by atoms with Crippen LogP contribution in [0.1, 0.15) is 11.1 Å². The van der Waals surface area contributed by atoms with Crippen molar-refractivity contribution in [3.8, 4) is 28.8 Å². The lowest BCUT2D eigenvalue weighted by Crippen LogP contribution is -1.95. The molecular weight excluding hydrogens is 242 g/mol. The second-order valence-corrected chi connectivity index (χ2v) is 4.10. The molecule has 0 amide bonds. The Balaban J connectivity index is 2.62. The predicted octanol–water partition coefficient (Wildman–Crippen LogP) is 2.46. The van der Waals surface area contributed by atoms with E-state index in [2.05, 4.69) is 4.98 Å². The number of nitrogens with zero attached hydrogens (tertiary/aromatic N) is 1. The fourth-order valence-electron chi connectivity index (χ4n) is 2.08. The number of benzene rings is 1. The number of aromatic nitrogens is 1. The third-order valence-electron chi connectivity index (χ3n) is 3.04. The molecular formula is C14H15N3O2. The lowest BCUT2D eigenvalue weighted by molar-refractivity contribution is 0.390. The third kappa shape index (κ3) is 2.08. The monoisotopic (exact) mass is 257 g/mol. The van der Waals surface area contributed by atoms with E-state index in [1.54, 1.807) is 20.3 Å². The molecule has 0 aliphatic heterocycles. The van der Waals surface area contributed by atoms with Gasteiger partial charge in [0.1, 0.15) is 23.4 Å². The maximum absolute atomic E-state index is 8.94. The smallest absolute Gasteiger partial charge is 0.134 e. The van der Waals surface area contributed by atoms with Crippen LogP contribution in [0, 0.1) is 18.3 Å². The highest BCUT2D eigenvalue weighted by atomic mass is 16.5. The number of nitrogens with one attached hydrogen (secondary N) is 1. The zero-order valence-electron chi connectivity index (χ0n) is 11.1. The molecule has 0 bridgehead atoms. The van der Waals surface area contributed by atoms with E-state index in [1.165, 1.54) is 0 Å². The Bertz CT molecular complexity index is 653. The number of nitrogen functional groups attached to an aromatic ring is 1. The van der Waals surface area contributed by atoms with E-state index in [1.807, 2.05) is 25.1 Å². The van der Waals surface area contributed by atoms with Crippen LogP contribution < -0.4 is 15.2 Å². The Morgan fingerprint density at radius 2 is 2.00 bits per heavy atom. The van der Waals surface area contributed by atoms with Crippen molar-refractivity contribution in [1.29, 1.82) is 5.26 Å². The number of nitriles is 1. The van der Waals surface area contributed by atoms with Gasteiger partial charge in [-0.3, -0.25) is 0 Å². The minimum atomic E-state index is 0.355. The van der Waals surface area contributed by atoms with E-state index >= 15 is 0 Å². The normalized spacial score (nSPS) is 10.0. The van der Waals surface area contributed by atoms with Gasteiger partial charge in [0, 0.05) is 11.1 Å². The summed E-state index contributed by atoms with van der Waals surface area (Å²) in [7, 11) is 3.21. The van der Waals surface area contributed by atoms with Crippen LogP contribution in [0.5, 0.6) is 11.5 Å². The summed E-state index contributed by atoms with van der Waals surface area (Å²) in [5, 5.41) is 8.94. The topological polar surface area (TPSA) is 84.1 Å². The Morgan fingerprint density at radius 1 is 1.26 bits per heavy atom. The van der Waals surface area contributed by atoms with Crippen LogP contribution in [0.2, 0.25) is 0 Å². The van der Waals surface area contributed by atoms with Gasteiger partial charge in [-0.25, -0.2) is 0 Å². The molecule has 5 nitrogen and oxygen atoms in total. The number of hydrogen-bond acceptors (Lipinski definition) is 4. The largest absolute Gasteiger partial charge is 0.496 e. The van der Waals surface area contributed by atoms with Crippen LogP contribution in [0.4, 0.5) is 5.82 Å². The lowest BCUT2D eigenvalue weighted by atomic mass is 10.1. The van der Waals surface area contributed by atoms with Crippen LogP contribution in [0.25, 0.3) is 11.3 Å². The molecule has 0 aliphatic rings. The molecule has 19 heavy (non-hydrogen) atoms. The van der Waals surface area contributed by atoms with Gasteiger partial charge in [0.2, 0.25) is 0 Å². The summed E-state index contributed by atoms with van der Waals surface area (Å²) in [6, 6.07) is 7.48. The first-order valence-electron chi connectivity index (χ1n) is 5.73. The summed E-state index contributed by atoms with van der Waals surface area (Å²) in [5.41, 5.74) is 8.64. The standard InChI is InChI=1S/C14H15N3O2/c1-8-12(18-2)5-4-10(13(8)19-3)11-6-9(7-15)14(16)17-11/h4-6,17H,16H2,1-3H3. The number of aromatic amines is 1. The highest BCUT2D eigenvalue weighted by Gasteiger charge is 2.15. The van der Waals surface area contributed by atoms with E-state index in [-0.39, 0.29) is 0 Å². The van der Waals surface area contributed by atoms with Gasteiger partial charge in [-0.2, -0.15) is 5.26 Å². The van der Waals surface area contributed by atoms with E-state index in [4.69, 9.17) is 20.5 Å². The zero-order valence-corrected chi connectivity index (χ0v) is 11.1. The lowest BCUT2D eigenvalue weighted by Gasteiger charge is -2.13. The zero-order chi connectivity index (χ0) is 14.0. The quantitative estimate of drug-likeness (QED) is 0.884. The summed E-state index contributed by atoms with van der Waals surface area (Å²) in [6.45, 7) is 1.92.